The van der Waals surface area contributed by atoms with Gasteiger partial charge < -0.3 is 10.4 Å². The first-order valence-corrected chi connectivity index (χ1v) is 9.08. The molecule has 114 valence electrons. The molecule has 1 aliphatic heterocycles. The number of thiazole rings is 1. The molecule has 2 aromatic rings. The Morgan fingerprint density at radius 3 is 2.86 bits per heavy atom. The summed E-state index contributed by atoms with van der Waals surface area (Å²) in [6.07, 6.45) is 1.83. The predicted molar refractivity (Wildman–Crippen MR) is 88.9 cm³/mol. The Kier molecular flexibility index (Phi) is 4.90. The Balaban J connectivity index is 1.50. The molecule has 0 saturated carbocycles. The standard InChI is InChI=1S/C15H21N3OS2/c1-16-15-17-12(10-21-15)9-18-6-4-11(5-7-18)14(19)13-3-2-8-20-13/h2-3,8,10-11,14,19H,4-7,9H2,1H3,(H,16,17). The molecule has 1 saturated heterocycles. The fourth-order valence-corrected chi connectivity index (χ4v) is 4.31. The number of hydrogen-bond donors (Lipinski definition) is 2. The summed E-state index contributed by atoms with van der Waals surface area (Å²) in [7, 11) is 1.90. The third kappa shape index (κ3) is 3.63. The van der Waals surface area contributed by atoms with Gasteiger partial charge in [0.2, 0.25) is 0 Å². The van der Waals surface area contributed by atoms with Crippen molar-refractivity contribution in [2.24, 2.45) is 5.92 Å². The lowest BCUT2D eigenvalue weighted by Gasteiger charge is -2.33. The molecule has 3 rings (SSSR count). The minimum atomic E-state index is -0.290. The van der Waals surface area contributed by atoms with Crippen LogP contribution in [0, 0.1) is 5.92 Å². The van der Waals surface area contributed by atoms with Crippen LogP contribution in [0.25, 0.3) is 0 Å². The molecule has 0 aromatic carbocycles. The van der Waals surface area contributed by atoms with E-state index in [1.807, 2.05) is 24.6 Å². The monoisotopic (exact) mass is 323 g/mol. The van der Waals surface area contributed by atoms with Crippen LogP contribution in [0.2, 0.25) is 0 Å². The first-order valence-electron chi connectivity index (χ1n) is 7.32. The molecule has 1 fully saturated rings. The molecule has 0 radical (unpaired) electrons. The molecular weight excluding hydrogens is 302 g/mol. The summed E-state index contributed by atoms with van der Waals surface area (Å²) in [5.41, 5.74) is 1.14. The van der Waals surface area contributed by atoms with Crippen molar-refractivity contribution in [2.45, 2.75) is 25.5 Å². The minimum Gasteiger partial charge on any atom is -0.387 e. The number of hydrogen-bond acceptors (Lipinski definition) is 6. The smallest absolute Gasteiger partial charge is 0.182 e. The Hall–Kier alpha value is -0.950. The molecule has 21 heavy (non-hydrogen) atoms. The second-order valence-corrected chi connectivity index (χ2v) is 7.31. The maximum Gasteiger partial charge on any atom is 0.182 e. The number of nitrogens with zero attached hydrogens (tertiary/aromatic N) is 2. The fraction of sp³-hybridized carbons (Fsp3) is 0.533. The second-order valence-electron chi connectivity index (χ2n) is 5.47. The molecule has 2 N–H and O–H groups in total. The second kappa shape index (κ2) is 6.87. The topological polar surface area (TPSA) is 48.4 Å². The zero-order valence-corrected chi connectivity index (χ0v) is 13.8. The van der Waals surface area contributed by atoms with Gasteiger partial charge in [0.05, 0.1) is 11.8 Å². The molecule has 0 bridgehead atoms. The molecule has 2 aromatic heterocycles. The molecule has 0 spiro atoms. The van der Waals surface area contributed by atoms with Crippen molar-refractivity contribution in [2.75, 3.05) is 25.5 Å². The van der Waals surface area contributed by atoms with Crippen molar-refractivity contribution in [3.8, 4) is 0 Å². The van der Waals surface area contributed by atoms with Crippen LogP contribution in [0.3, 0.4) is 0 Å². The number of aliphatic hydroxyl groups is 1. The highest BCUT2D eigenvalue weighted by molar-refractivity contribution is 7.13. The summed E-state index contributed by atoms with van der Waals surface area (Å²) in [4.78, 5) is 8.08. The highest BCUT2D eigenvalue weighted by atomic mass is 32.1. The maximum absolute atomic E-state index is 10.4. The first-order chi connectivity index (χ1) is 10.3. The van der Waals surface area contributed by atoms with Crippen molar-refractivity contribution >= 4 is 27.8 Å². The number of nitrogens with one attached hydrogen (secondary N) is 1. The number of rotatable bonds is 5. The molecule has 0 aliphatic carbocycles. The van der Waals surface area contributed by atoms with Crippen LogP contribution < -0.4 is 5.32 Å². The van der Waals surface area contributed by atoms with Crippen molar-refractivity contribution in [1.29, 1.82) is 0 Å². The van der Waals surface area contributed by atoms with E-state index in [2.05, 4.69) is 20.6 Å². The van der Waals surface area contributed by atoms with E-state index < -0.39 is 0 Å². The minimum absolute atomic E-state index is 0.290. The van der Waals surface area contributed by atoms with Gasteiger partial charge in [-0.25, -0.2) is 4.98 Å². The van der Waals surface area contributed by atoms with Gasteiger partial charge in [-0.15, -0.1) is 22.7 Å². The normalized spacial score (nSPS) is 18.8. The number of anilines is 1. The van der Waals surface area contributed by atoms with E-state index in [1.165, 1.54) is 0 Å². The Labute approximate surface area is 133 Å². The largest absolute Gasteiger partial charge is 0.387 e. The third-order valence-corrected chi connectivity index (χ3v) is 5.92. The summed E-state index contributed by atoms with van der Waals surface area (Å²) >= 11 is 3.31. The number of thiophene rings is 1. The summed E-state index contributed by atoms with van der Waals surface area (Å²) in [6, 6.07) is 4.05. The van der Waals surface area contributed by atoms with E-state index in [1.54, 1.807) is 22.7 Å². The van der Waals surface area contributed by atoms with Crippen LogP contribution in [0.5, 0.6) is 0 Å². The van der Waals surface area contributed by atoms with Crippen LogP contribution in [-0.4, -0.2) is 35.1 Å². The van der Waals surface area contributed by atoms with E-state index in [0.29, 0.717) is 5.92 Å². The average Bonchev–Trinajstić information content (AvgIpc) is 3.19. The molecule has 0 amide bonds. The van der Waals surface area contributed by atoms with Crippen LogP contribution in [0.4, 0.5) is 5.13 Å². The van der Waals surface area contributed by atoms with E-state index >= 15 is 0 Å². The molecule has 4 nitrogen and oxygen atoms in total. The maximum atomic E-state index is 10.4. The van der Waals surface area contributed by atoms with Gasteiger partial charge >= 0.3 is 0 Å². The Bertz CT molecular complexity index is 547. The number of aliphatic hydroxyl groups excluding tert-OH is 1. The SMILES string of the molecule is CNc1nc(CN2CCC(C(O)c3cccs3)CC2)cs1. The van der Waals surface area contributed by atoms with Gasteiger partial charge in [-0.3, -0.25) is 4.90 Å². The van der Waals surface area contributed by atoms with Gasteiger partial charge in [0.1, 0.15) is 0 Å². The lowest BCUT2D eigenvalue weighted by molar-refractivity contribution is 0.0588. The van der Waals surface area contributed by atoms with Gasteiger partial charge in [-0.1, -0.05) is 6.07 Å². The first kappa shape index (κ1) is 15.0. The lowest BCUT2D eigenvalue weighted by Crippen LogP contribution is -2.35. The summed E-state index contributed by atoms with van der Waals surface area (Å²) in [6.45, 7) is 3.00. The van der Waals surface area contributed by atoms with Gasteiger partial charge in [0.25, 0.3) is 0 Å². The zero-order valence-electron chi connectivity index (χ0n) is 12.2. The number of likely N-dealkylation sites (tertiary alicyclic amines) is 1. The number of aromatic nitrogens is 1. The average molecular weight is 323 g/mol. The van der Waals surface area contributed by atoms with Crippen LogP contribution in [0.15, 0.2) is 22.9 Å². The molecular formula is C15H21N3OS2. The van der Waals surface area contributed by atoms with E-state index in [4.69, 9.17) is 0 Å². The van der Waals surface area contributed by atoms with Crippen molar-refractivity contribution < 1.29 is 5.11 Å². The summed E-state index contributed by atoms with van der Waals surface area (Å²) in [5, 5.41) is 18.6. The number of piperidine rings is 1. The van der Waals surface area contributed by atoms with Crippen LogP contribution in [-0.2, 0) is 6.54 Å². The van der Waals surface area contributed by atoms with Crippen LogP contribution >= 0.6 is 22.7 Å². The van der Waals surface area contributed by atoms with E-state index in [0.717, 1.165) is 48.2 Å². The lowest BCUT2D eigenvalue weighted by atomic mass is 9.90. The van der Waals surface area contributed by atoms with Gasteiger partial charge in [0.15, 0.2) is 5.13 Å². The predicted octanol–water partition coefficient (Wildman–Crippen LogP) is 3.19. The van der Waals surface area contributed by atoms with Gasteiger partial charge in [-0.05, 0) is 43.3 Å². The quantitative estimate of drug-likeness (QED) is 0.887. The Morgan fingerprint density at radius 2 is 2.24 bits per heavy atom. The molecule has 1 atom stereocenters. The van der Waals surface area contributed by atoms with Crippen LogP contribution in [0.1, 0.15) is 29.5 Å². The van der Waals surface area contributed by atoms with Crippen molar-refractivity contribution in [1.82, 2.24) is 9.88 Å². The molecule has 1 unspecified atom stereocenters. The highest BCUT2D eigenvalue weighted by Gasteiger charge is 2.26. The van der Waals surface area contributed by atoms with Crippen molar-refractivity contribution in [3.63, 3.8) is 0 Å². The fourth-order valence-electron chi connectivity index (χ4n) is 2.84. The third-order valence-electron chi connectivity index (χ3n) is 4.06. The summed E-state index contributed by atoms with van der Waals surface area (Å²) < 4.78 is 0. The van der Waals surface area contributed by atoms with Crippen molar-refractivity contribution in [3.05, 3.63) is 33.5 Å². The van der Waals surface area contributed by atoms with Gasteiger partial charge in [0, 0.05) is 23.8 Å². The zero-order chi connectivity index (χ0) is 14.7. The molecule has 3 heterocycles. The van der Waals surface area contributed by atoms with E-state index in [-0.39, 0.29) is 6.10 Å². The molecule has 6 heteroatoms. The van der Waals surface area contributed by atoms with Gasteiger partial charge in [-0.2, -0.15) is 0 Å². The van der Waals surface area contributed by atoms with E-state index in [9.17, 15) is 5.11 Å². The Morgan fingerprint density at radius 1 is 1.43 bits per heavy atom. The highest BCUT2D eigenvalue weighted by Crippen LogP contribution is 2.33. The summed E-state index contributed by atoms with van der Waals surface area (Å²) in [5.74, 6) is 0.392. The molecule has 1 aliphatic rings.